The number of carbonyl (C=O) groups is 1. The van der Waals surface area contributed by atoms with Gasteiger partial charge in [-0.2, -0.15) is 5.26 Å². The summed E-state index contributed by atoms with van der Waals surface area (Å²) in [6.07, 6.45) is 1.21. The number of nitriles is 1. The van der Waals surface area contributed by atoms with Gasteiger partial charge in [0, 0.05) is 18.8 Å². The van der Waals surface area contributed by atoms with Crippen molar-refractivity contribution in [2.45, 2.75) is 26.7 Å². The normalized spacial score (nSPS) is 16.2. The van der Waals surface area contributed by atoms with Gasteiger partial charge in [-0.3, -0.25) is 4.79 Å². The van der Waals surface area contributed by atoms with Crippen LogP contribution >= 0.6 is 0 Å². The Kier molecular flexibility index (Phi) is 3.70. The van der Waals surface area contributed by atoms with Crippen LogP contribution in [0.2, 0.25) is 0 Å². The molecule has 0 aliphatic carbocycles. The van der Waals surface area contributed by atoms with E-state index in [1.807, 2.05) is 24.8 Å². The molecule has 1 aliphatic rings. The third kappa shape index (κ3) is 2.68. The van der Waals surface area contributed by atoms with E-state index in [2.05, 4.69) is 11.1 Å². The summed E-state index contributed by atoms with van der Waals surface area (Å²) in [5, 5.41) is 18.2. The maximum Gasteiger partial charge on any atom is 0.306 e. The Labute approximate surface area is 112 Å². The number of hydrogen-bond donors (Lipinski definition) is 1. The van der Waals surface area contributed by atoms with Gasteiger partial charge in [-0.1, -0.05) is 0 Å². The average molecular weight is 259 g/mol. The highest BCUT2D eigenvalue weighted by Crippen LogP contribution is 2.26. The third-order valence-electron chi connectivity index (χ3n) is 3.58. The highest BCUT2D eigenvalue weighted by molar-refractivity contribution is 5.70. The monoisotopic (exact) mass is 259 g/mol. The van der Waals surface area contributed by atoms with Gasteiger partial charge in [0.05, 0.1) is 11.5 Å². The summed E-state index contributed by atoms with van der Waals surface area (Å²) in [5.74, 6) is -0.301. The lowest BCUT2D eigenvalue weighted by molar-refractivity contribution is -0.142. The van der Waals surface area contributed by atoms with Crippen LogP contribution < -0.4 is 4.90 Å². The lowest BCUT2D eigenvalue weighted by Gasteiger charge is -2.32. The van der Waals surface area contributed by atoms with E-state index in [0.717, 1.165) is 11.3 Å². The summed E-state index contributed by atoms with van der Waals surface area (Å²) < 4.78 is 0. The molecule has 5 heteroatoms. The first-order chi connectivity index (χ1) is 9.02. The molecule has 2 heterocycles. The first-order valence-corrected chi connectivity index (χ1v) is 6.39. The number of nitrogens with zero attached hydrogens (tertiary/aromatic N) is 3. The Morgan fingerprint density at radius 3 is 2.63 bits per heavy atom. The number of aromatic nitrogens is 1. The fraction of sp³-hybridized carbons (Fsp3) is 0.500. The van der Waals surface area contributed by atoms with Crippen LogP contribution in [0.1, 0.15) is 29.7 Å². The second-order valence-corrected chi connectivity index (χ2v) is 4.99. The predicted molar refractivity (Wildman–Crippen MR) is 71.0 cm³/mol. The van der Waals surface area contributed by atoms with E-state index in [1.54, 1.807) is 0 Å². The summed E-state index contributed by atoms with van der Waals surface area (Å²) in [7, 11) is 0. The van der Waals surface area contributed by atoms with Gasteiger partial charge in [-0.15, -0.1) is 0 Å². The molecule has 5 nitrogen and oxygen atoms in total. The lowest BCUT2D eigenvalue weighted by atomic mass is 9.96. The first kappa shape index (κ1) is 13.3. The molecule has 0 saturated carbocycles. The molecule has 0 bridgehead atoms. The summed E-state index contributed by atoms with van der Waals surface area (Å²) in [5.41, 5.74) is 2.40. The van der Waals surface area contributed by atoms with E-state index in [1.165, 1.54) is 0 Å². The molecule has 1 aromatic rings. The van der Waals surface area contributed by atoms with Gasteiger partial charge >= 0.3 is 5.97 Å². The maximum absolute atomic E-state index is 10.9. The molecule has 100 valence electrons. The van der Waals surface area contributed by atoms with Crippen LogP contribution in [0.4, 0.5) is 5.82 Å². The summed E-state index contributed by atoms with van der Waals surface area (Å²) >= 11 is 0. The highest BCUT2D eigenvalue weighted by Gasteiger charge is 2.26. The molecule has 0 radical (unpaired) electrons. The van der Waals surface area contributed by atoms with Crippen LogP contribution in [0.15, 0.2) is 6.07 Å². The number of carboxylic acids is 1. The zero-order valence-electron chi connectivity index (χ0n) is 11.2. The standard InChI is InChI=1S/C14H17N3O2/c1-9-7-10(2)16-13(12(9)8-15)17-5-3-11(4-6-17)14(18)19/h7,11H,3-6H2,1-2H3,(H,18,19). The summed E-state index contributed by atoms with van der Waals surface area (Å²) in [6, 6.07) is 4.10. The van der Waals surface area contributed by atoms with E-state index in [-0.39, 0.29) is 5.92 Å². The SMILES string of the molecule is Cc1cc(C)c(C#N)c(N2CCC(C(=O)O)CC2)n1. The number of aryl methyl sites for hydroxylation is 2. The van der Waals surface area contributed by atoms with E-state index in [4.69, 9.17) is 5.11 Å². The van der Waals surface area contributed by atoms with Crippen LogP contribution in [0.3, 0.4) is 0 Å². The topological polar surface area (TPSA) is 77.2 Å². The number of pyridine rings is 1. The third-order valence-corrected chi connectivity index (χ3v) is 3.58. The molecule has 1 aromatic heterocycles. The molecular weight excluding hydrogens is 242 g/mol. The van der Waals surface area contributed by atoms with Crippen molar-refractivity contribution in [1.82, 2.24) is 4.98 Å². The minimum atomic E-state index is -0.728. The number of rotatable bonds is 2. The van der Waals surface area contributed by atoms with Gasteiger partial charge in [0.15, 0.2) is 0 Å². The molecule has 1 fully saturated rings. The lowest BCUT2D eigenvalue weighted by Crippen LogP contribution is -2.37. The Bertz CT molecular complexity index is 540. The first-order valence-electron chi connectivity index (χ1n) is 6.39. The van der Waals surface area contributed by atoms with E-state index < -0.39 is 5.97 Å². The van der Waals surface area contributed by atoms with Gasteiger partial charge in [0.2, 0.25) is 0 Å². The van der Waals surface area contributed by atoms with E-state index >= 15 is 0 Å². The second-order valence-electron chi connectivity index (χ2n) is 4.99. The molecule has 0 atom stereocenters. The molecule has 2 rings (SSSR count). The van der Waals surface area contributed by atoms with Crippen molar-refractivity contribution in [3.05, 3.63) is 22.9 Å². The number of aliphatic carboxylic acids is 1. The Balaban J connectivity index is 2.25. The minimum Gasteiger partial charge on any atom is -0.481 e. The zero-order valence-corrected chi connectivity index (χ0v) is 11.2. The molecule has 0 aromatic carbocycles. The Morgan fingerprint density at radius 1 is 1.47 bits per heavy atom. The number of piperidine rings is 1. The highest BCUT2D eigenvalue weighted by atomic mass is 16.4. The van der Waals surface area contributed by atoms with E-state index in [0.29, 0.717) is 37.3 Å². The fourth-order valence-corrected chi connectivity index (χ4v) is 2.52. The zero-order chi connectivity index (χ0) is 14.0. The number of anilines is 1. The number of hydrogen-bond acceptors (Lipinski definition) is 4. The van der Waals surface area contributed by atoms with Crippen molar-refractivity contribution < 1.29 is 9.90 Å². The quantitative estimate of drug-likeness (QED) is 0.877. The van der Waals surface area contributed by atoms with Gasteiger partial charge < -0.3 is 10.0 Å². The van der Waals surface area contributed by atoms with Gasteiger partial charge in [-0.05, 0) is 38.3 Å². The fourth-order valence-electron chi connectivity index (χ4n) is 2.52. The van der Waals surface area contributed by atoms with Crippen molar-refractivity contribution in [2.75, 3.05) is 18.0 Å². The molecule has 19 heavy (non-hydrogen) atoms. The Hall–Kier alpha value is -2.09. The molecule has 0 unspecified atom stereocenters. The molecule has 1 saturated heterocycles. The van der Waals surface area contributed by atoms with Gasteiger partial charge in [-0.25, -0.2) is 4.98 Å². The van der Waals surface area contributed by atoms with Crippen LogP contribution in [0, 0.1) is 31.1 Å². The largest absolute Gasteiger partial charge is 0.481 e. The second kappa shape index (κ2) is 5.27. The molecule has 1 aliphatic heterocycles. The van der Waals surface area contributed by atoms with Crippen LogP contribution in [-0.2, 0) is 4.79 Å². The van der Waals surface area contributed by atoms with Crippen LogP contribution in [0.5, 0.6) is 0 Å². The van der Waals surface area contributed by atoms with E-state index in [9.17, 15) is 10.1 Å². The van der Waals surface area contributed by atoms with Crippen LogP contribution in [-0.4, -0.2) is 29.1 Å². The van der Waals surface area contributed by atoms with Crippen molar-refractivity contribution in [1.29, 1.82) is 5.26 Å². The number of carboxylic acid groups (broad SMARTS) is 1. The van der Waals surface area contributed by atoms with Crippen molar-refractivity contribution in [3.8, 4) is 6.07 Å². The maximum atomic E-state index is 10.9. The minimum absolute atomic E-state index is 0.271. The van der Waals surface area contributed by atoms with Crippen LogP contribution in [0.25, 0.3) is 0 Å². The Morgan fingerprint density at radius 2 is 2.11 bits per heavy atom. The smallest absolute Gasteiger partial charge is 0.306 e. The van der Waals surface area contributed by atoms with Crippen molar-refractivity contribution >= 4 is 11.8 Å². The summed E-state index contributed by atoms with van der Waals surface area (Å²) in [6.45, 7) is 5.09. The molecular formula is C14H17N3O2. The molecule has 0 spiro atoms. The average Bonchev–Trinajstić information content (AvgIpc) is 2.38. The van der Waals surface area contributed by atoms with Crippen molar-refractivity contribution in [3.63, 3.8) is 0 Å². The summed E-state index contributed by atoms with van der Waals surface area (Å²) in [4.78, 5) is 17.4. The molecule has 0 amide bonds. The van der Waals surface area contributed by atoms with Gasteiger partial charge in [0.1, 0.15) is 11.9 Å². The van der Waals surface area contributed by atoms with Crippen molar-refractivity contribution in [2.24, 2.45) is 5.92 Å². The molecule has 1 N–H and O–H groups in total. The van der Waals surface area contributed by atoms with Gasteiger partial charge in [0.25, 0.3) is 0 Å². The predicted octanol–water partition coefficient (Wildman–Crippen LogP) is 1.87.